The molecule has 0 aliphatic heterocycles. The second kappa shape index (κ2) is 2.96. The van der Waals surface area contributed by atoms with Gasteiger partial charge in [0, 0.05) is 24.8 Å². The summed E-state index contributed by atoms with van der Waals surface area (Å²) < 4.78 is 0. The average Bonchev–Trinajstić information content (AvgIpc) is 1.88. The molecule has 0 saturated heterocycles. The molecule has 1 aromatic heterocycles. The summed E-state index contributed by atoms with van der Waals surface area (Å²) in [5, 5.41) is 10.0. The fourth-order valence-electron chi connectivity index (χ4n) is 0.667. The van der Waals surface area contributed by atoms with Crippen molar-refractivity contribution in [2.75, 3.05) is 0 Å². The van der Waals surface area contributed by atoms with E-state index in [2.05, 4.69) is 4.98 Å². The van der Waals surface area contributed by atoms with Crippen LogP contribution in [0.3, 0.4) is 0 Å². The van der Waals surface area contributed by atoms with Gasteiger partial charge in [0.25, 0.3) is 0 Å². The van der Waals surface area contributed by atoms with Crippen molar-refractivity contribution in [3.63, 3.8) is 0 Å². The Balaban J connectivity index is 2.67. The molecule has 3 nitrogen and oxygen atoms in total. The van der Waals surface area contributed by atoms with Gasteiger partial charge in [-0.25, -0.2) is 0 Å². The van der Waals surface area contributed by atoms with Gasteiger partial charge in [-0.15, -0.1) is 0 Å². The quantitative estimate of drug-likeness (QED) is 0.544. The van der Waals surface area contributed by atoms with Crippen molar-refractivity contribution in [3.05, 3.63) is 30.1 Å². The molecule has 0 unspecified atom stereocenters. The Morgan fingerprint density at radius 3 is 2.60 bits per heavy atom. The molecule has 1 rings (SSSR count). The fourth-order valence-corrected chi connectivity index (χ4v) is 0.667. The number of nitrogens with zero attached hydrogens (tertiary/aromatic N) is 1. The van der Waals surface area contributed by atoms with Gasteiger partial charge in [0.1, 0.15) is 0 Å². The maximum Gasteiger partial charge on any atom is 0.0458 e. The van der Waals surface area contributed by atoms with Crippen LogP contribution in [0.1, 0.15) is 5.56 Å². The number of aliphatic carboxylic acids is 1. The van der Waals surface area contributed by atoms with E-state index in [1.165, 1.54) is 0 Å². The molecule has 0 N–H and O–H groups in total. The molecular formula is C7H6NO2-. The minimum absolute atomic E-state index is 0.0392. The van der Waals surface area contributed by atoms with Gasteiger partial charge in [0.15, 0.2) is 0 Å². The molecule has 10 heavy (non-hydrogen) atoms. The first-order valence-corrected chi connectivity index (χ1v) is 2.88. The smallest absolute Gasteiger partial charge is 0.0458 e. The maximum absolute atomic E-state index is 10.0. The van der Waals surface area contributed by atoms with Gasteiger partial charge in [-0.1, -0.05) is 0 Å². The molecule has 0 saturated carbocycles. The molecule has 1 aromatic rings. The molecule has 0 radical (unpaired) electrons. The van der Waals surface area contributed by atoms with Crippen LogP contribution in [0.15, 0.2) is 24.5 Å². The molecule has 0 aliphatic rings. The van der Waals surface area contributed by atoms with E-state index in [1.807, 2.05) is 0 Å². The average molecular weight is 136 g/mol. The summed E-state index contributed by atoms with van der Waals surface area (Å²) in [6, 6.07) is 3.30. The van der Waals surface area contributed by atoms with Gasteiger partial charge < -0.3 is 9.90 Å². The number of carbonyl (C=O) groups is 1. The van der Waals surface area contributed by atoms with Crippen LogP contribution in [-0.2, 0) is 11.2 Å². The Kier molecular flexibility index (Phi) is 1.99. The summed E-state index contributed by atoms with van der Waals surface area (Å²) in [4.78, 5) is 13.8. The Morgan fingerprint density at radius 2 is 2.10 bits per heavy atom. The van der Waals surface area contributed by atoms with E-state index in [1.54, 1.807) is 24.5 Å². The van der Waals surface area contributed by atoms with Crippen LogP contribution in [0, 0.1) is 0 Å². The second-order valence-corrected chi connectivity index (χ2v) is 1.90. The minimum atomic E-state index is -1.06. The topological polar surface area (TPSA) is 53.0 Å². The zero-order chi connectivity index (χ0) is 7.40. The lowest BCUT2D eigenvalue weighted by atomic mass is 10.2. The van der Waals surface area contributed by atoms with Crippen molar-refractivity contribution >= 4 is 5.97 Å². The van der Waals surface area contributed by atoms with Gasteiger partial charge in [0.05, 0.1) is 0 Å². The molecular weight excluding hydrogens is 130 g/mol. The number of aromatic nitrogens is 1. The third-order valence-electron chi connectivity index (χ3n) is 1.10. The maximum atomic E-state index is 10.0. The summed E-state index contributed by atoms with van der Waals surface area (Å²) in [6.07, 6.45) is 3.07. The molecule has 0 amide bonds. The van der Waals surface area contributed by atoms with Crippen LogP contribution < -0.4 is 5.11 Å². The highest BCUT2D eigenvalue weighted by molar-refractivity contribution is 5.67. The van der Waals surface area contributed by atoms with Crippen molar-refractivity contribution < 1.29 is 9.90 Å². The lowest BCUT2D eigenvalue weighted by Crippen LogP contribution is -2.24. The molecule has 0 aliphatic carbocycles. The van der Waals surface area contributed by atoms with Crippen molar-refractivity contribution in [1.29, 1.82) is 0 Å². The zero-order valence-electron chi connectivity index (χ0n) is 5.28. The highest BCUT2D eigenvalue weighted by Crippen LogP contribution is 1.95. The molecule has 0 spiro atoms. The predicted molar refractivity (Wildman–Crippen MR) is 32.9 cm³/mol. The minimum Gasteiger partial charge on any atom is -0.550 e. The number of hydrogen-bond acceptors (Lipinski definition) is 3. The van der Waals surface area contributed by atoms with Crippen LogP contribution >= 0.6 is 0 Å². The second-order valence-electron chi connectivity index (χ2n) is 1.90. The van der Waals surface area contributed by atoms with Gasteiger partial charge in [-0.3, -0.25) is 4.98 Å². The summed E-state index contributed by atoms with van der Waals surface area (Å²) >= 11 is 0. The van der Waals surface area contributed by atoms with E-state index in [-0.39, 0.29) is 6.42 Å². The lowest BCUT2D eigenvalue weighted by molar-refractivity contribution is -0.304. The molecule has 0 fully saturated rings. The van der Waals surface area contributed by atoms with Crippen molar-refractivity contribution in [3.8, 4) is 0 Å². The molecule has 0 bridgehead atoms. The van der Waals surface area contributed by atoms with Crippen molar-refractivity contribution in [1.82, 2.24) is 4.98 Å². The first kappa shape index (κ1) is 6.74. The number of hydrogen-bond donors (Lipinski definition) is 0. The molecule has 0 atom stereocenters. The van der Waals surface area contributed by atoms with E-state index in [4.69, 9.17) is 0 Å². The highest BCUT2D eigenvalue weighted by atomic mass is 16.4. The van der Waals surface area contributed by atoms with E-state index >= 15 is 0 Å². The summed E-state index contributed by atoms with van der Waals surface area (Å²) in [5.74, 6) is -1.06. The molecule has 1 heterocycles. The Bertz CT molecular complexity index is 220. The van der Waals surface area contributed by atoms with Gasteiger partial charge in [-0.05, 0) is 17.7 Å². The van der Waals surface area contributed by atoms with Crippen LogP contribution in [0.5, 0.6) is 0 Å². The van der Waals surface area contributed by atoms with E-state index in [0.717, 1.165) is 5.56 Å². The van der Waals surface area contributed by atoms with Crippen molar-refractivity contribution in [2.45, 2.75) is 6.42 Å². The van der Waals surface area contributed by atoms with E-state index in [9.17, 15) is 9.90 Å². The Hall–Kier alpha value is -1.38. The molecule has 52 valence electrons. The first-order valence-electron chi connectivity index (χ1n) is 2.88. The van der Waals surface area contributed by atoms with Crippen LogP contribution in [-0.4, -0.2) is 11.0 Å². The van der Waals surface area contributed by atoms with Crippen LogP contribution in [0.2, 0.25) is 0 Å². The number of carbonyl (C=O) groups excluding carboxylic acids is 1. The number of pyridine rings is 1. The summed E-state index contributed by atoms with van der Waals surface area (Å²) in [6.45, 7) is 0. The van der Waals surface area contributed by atoms with Crippen LogP contribution in [0.4, 0.5) is 0 Å². The number of carboxylic acids is 1. The summed E-state index contributed by atoms with van der Waals surface area (Å²) in [5.41, 5.74) is 0.718. The zero-order valence-corrected chi connectivity index (χ0v) is 5.28. The Labute approximate surface area is 58.3 Å². The molecule has 3 heteroatoms. The number of carboxylic acid groups (broad SMARTS) is 1. The SMILES string of the molecule is O=C([O-])Cc1ccncc1. The molecule has 0 aromatic carbocycles. The van der Waals surface area contributed by atoms with Gasteiger partial charge >= 0.3 is 0 Å². The normalized spacial score (nSPS) is 9.20. The third kappa shape index (κ3) is 1.85. The largest absolute Gasteiger partial charge is 0.550 e. The third-order valence-corrected chi connectivity index (χ3v) is 1.10. The summed E-state index contributed by atoms with van der Waals surface area (Å²) in [7, 11) is 0. The monoisotopic (exact) mass is 136 g/mol. The standard InChI is InChI=1S/C7H7NO2/c9-7(10)5-6-1-3-8-4-2-6/h1-4H,5H2,(H,9,10)/p-1. The number of rotatable bonds is 2. The predicted octanol–water partition coefficient (Wildman–Crippen LogP) is -0.626. The van der Waals surface area contributed by atoms with E-state index < -0.39 is 5.97 Å². The van der Waals surface area contributed by atoms with Gasteiger partial charge in [-0.2, -0.15) is 0 Å². The van der Waals surface area contributed by atoms with Gasteiger partial charge in [0.2, 0.25) is 0 Å². The fraction of sp³-hybridized carbons (Fsp3) is 0.143. The highest BCUT2D eigenvalue weighted by Gasteiger charge is 1.89. The first-order chi connectivity index (χ1) is 4.79. The van der Waals surface area contributed by atoms with Crippen LogP contribution in [0.25, 0.3) is 0 Å². The Morgan fingerprint density at radius 1 is 1.50 bits per heavy atom. The lowest BCUT2D eigenvalue weighted by Gasteiger charge is -1.99. The van der Waals surface area contributed by atoms with Crippen molar-refractivity contribution in [2.24, 2.45) is 0 Å². The van der Waals surface area contributed by atoms with E-state index in [0.29, 0.717) is 0 Å².